The summed E-state index contributed by atoms with van der Waals surface area (Å²) in [7, 11) is 0. The summed E-state index contributed by atoms with van der Waals surface area (Å²) >= 11 is 0. The van der Waals surface area contributed by atoms with E-state index >= 15 is 0 Å². The molecule has 140 valence electrons. The van der Waals surface area contributed by atoms with Crippen molar-refractivity contribution in [3.63, 3.8) is 0 Å². The fourth-order valence-electron chi connectivity index (χ4n) is 4.03. The van der Waals surface area contributed by atoms with Gasteiger partial charge in [0.05, 0.1) is 17.4 Å². The van der Waals surface area contributed by atoms with E-state index in [1.54, 1.807) is 17.3 Å². The van der Waals surface area contributed by atoms with Gasteiger partial charge < -0.3 is 9.88 Å². The van der Waals surface area contributed by atoms with Crippen molar-refractivity contribution in [3.8, 4) is 6.07 Å². The normalized spacial score (nSPS) is 16.1. The number of H-pyrrole nitrogens is 1. The van der Waals surface area contributed by atoms with Crippen molar-refractivity contribution >= 4 is 38.7 Å². The first-order valence-electron chi connectivity index (χ1n) is 9.16. The lowest BCUT2D eigenvalue weighted by molar-refractivity contribution is -0.141. The summed E-state index contributed by atoms with van der Waals surface area (Å²) in [6, 6.07) is 3.36. The van der Waals surface area contributed by atoms with Crippen molar-refractivity contribution in [3.05, 3.63) is 28.7 Å². The number of rotatable bonds is 3. The molecule has 9 nitrogen and oxygen atoms in total. The van der Waals surface area contributed by atoms with Gasteiger partial charge in [0.15, 0.2) is 0 Å². The van der Waals surface area contributed by atoms with Crippen molar-refractivity contribution in [2.45, 2.75) is 19.9 Å². The van der Waals surface area contributed by atoms with Crippen molar-refractivity contribution in [1.82, 2.24) is 29.9 Å². The van der Waals surface area contributed by atoms with Gasteiger partial charge in [-0.3, -0.25) is 9.59 Å². The van der Waals surface area contributed by atoms with Crippen LogP contribution in [0.5, 0.6) is 0 Å². The van der Waals surface area contributed by atoms with Crippen LogP contribution in [0.2, 0.25) is 0 Å². The van der Waals surface area contributed by atoms with Crippen LogP contribution in [0.25, 0.3) is 32.8 Å². The number of nitrogens with one attached hydrogen (secondary N) is 1. The predicted molar refractivity (Wildman–Crippen MR) is 102 cm³/mol. The SMILES string of the molecule is CC(C)C(C(=O)N1CC(C#N)C1)n1nnc2c3cc[nH]c4ncc(c(=O)c21)c43. The molecule has 0 saturated carbocycles. The minimum atomic E-state index is -0.657. The van der Waals surface area contributed by atoms with Crippen molar-refractivity contribution < 1.29 is 4.79 Å². The van der Waals surface area contributed by atoms with Crippen LogP contribution < -0.4 is 5.43 Å². The van der Waals surface area contributed by atoms with Gasteiger partial charge in [0.1, 0.15) is 22.7 Å². The molecule has 1 aliphatic heterocycles. The Morgan fingerprint density at radius 3 is 2.86 bits per heavy atom. The van der Waals surface area contributed by atoms with Gasteiger partial charge in [-0.2, -0.15) is 5.26 Å². The van der Waals surface area contributed by atoms with Gasteiger partial charge in [0.2, 0.25) is 11.3 Å². The Morgan fingerprint density at radius 2 is 2.14 bits per heavy atom. The number of hydrogen-bond acceptors (Lipinski definition) is 6. The second-order valence-corrected chi connectivity index (χ2v) is 7.61. The maximum absolute atomic E-state index is 13.2. The number of nitrogens with zero attached hydrogens (tertiary/aromatic N) is 6. The van der Waals surface area contributed by atoms with Crippen LogP contribution >= 0.6 is 0 Å². The van der Waals surface area contributed by atoms with E-state index in [1.807, 2.05) is 19.9 Å². The smallest absolute Gasteiger partial charge is 0.247 e. The Morgan fingerprint density at radius 1 is 1.36 bits per heavy atom. The Kier molecular flexibility index (Phi) is 3.40. The zero-order chi connectivity index (χ0) is 19.6. The molecule has 9 heteroatoms. The molecule has 0 bridgehead atoms. The summed E-state index contributed by atoms with van der Waals surface area (Å²) in [6.45, 7) is 4.65. The largest absolute Gasteiger partial charge is 0.346 e. The molecule has 1 aliphatic rings. The summed E-state index contributed by atoms with van der Waals surface area (Å²) in [5.74, 6) is -0.370. The average Bonchev–Trinajstić information content (AvgIpc) is 3.24. The molecular weight excluding hydrogens is 358 g/mol. The van der Waals surface area contributed by atoms with Crippen molar-refractivity contribution in [1.29, 1.82) is 5.26 Å². The van der Waals surface area contributed by atoms with E-state index < -0.39 is 6.04 Å². The molecule has 0 aliphatic carbocycles. The Labute approximate surface area is 158 Å². The maximum atomic E-state index is 13.2. The highest BCUT2D eigenvalue weighted by Crippen LogP contribution is 2.31. The van der Waals surface area contributed by atoms with E-state index in [9.17, 15) is 9.59 Å². The number of aromatic amines is 1. The van der Waals surface area contributed by atoms with E-state index in [0.717, 1.165) is 10.8 Å². The van der Waals surface area contributed by atoms with Crippen LogP contribution in [-0.4, -0.2) is 48.9 Å². The molecule has 1 aromatic carbocycles. The molecule has 1 N–H and O–H groups in total. The first-order valence-corrected chi connectivity index (χ1v) is 9.16. The standard InChI is InChI=1S/C19H17N7O2/c1-9(2)15(19(28)25-7-10(5-20)8-25)26-16-14(23-24-26)11-3-4-21-18-13(11)12(6-22-18)17(16)27/h3-4,6,9-10,15H,7-8H2,1-2H3,(H,21,22). The molecule has 1 atom stereocenters. The second-order valence-electron chi connectivity index (χ2n) is 7.61. The average molecular weight is 375 g/mol. The molecule has 4 aromatic rings. The predicted octanol–water partition coefficient (Wildman–Crippen LogP) is 1.44. The number of pyridine rings is 1. The molecular formula is C19H17N7O2. The van der Waals surface area contributed by atoms with Crippen LogP contribution in [-0.2, 0) is 4.79 Å². The third-order valence-corrected chi connectivity index (χ3v) is 5.50. The van der Waals surface area contributed by atoms with Gasteiger partial charge in [-0.05, 0) is 12.0 Å². The number of amides is 1. The highest BCUT2D eigenvalue weighted by atomic mass is 16.2. The number of likely N-dealkylation sites (tertiary alicyclic amines) is 1. The highest BCUT2D eigenvalue weighted by Gasteiger charge is 2.38. The zero-order valence-corrected chi connectivity index (χ0v) is 15.4. The lowest BCUT2D eigenvalue weighted by Crippen LogP contribution is -2.52. The summed E-state index contributed by atoms with van der Waals surface area (Å²) in [5.41, 5.74) is 1.19. The van der Waals surface area contributed by atoms with Crippen LogP contribution in [0.15, 0.2) is 23.3 Å². The highest BCUT2D eigenvalue weighted by molar-refractivity contribution is 6.18. The van der Waals surface area contributed by atoms with Gasteiger partial charge in [0.25, 0.3) is 0 Å². The summed E-state index contributed by atoms with van der Waals surface area (Å²) in [5, 5.41) is 19.5. The third-order valence-electron chi connectivity index (χ3n) is 5.50. The second kappa shape index (κ2) is 5.73. The molecule has 0 spiro atoms. The monoisotopic (exact) mass is 375 g/mol. The van der Waals surface area contributed by atoms with Crippen molar-refractivity contribution in [2.75, 3.05) is 13.1 Å². The number of carbonyl (C=O) groups is 1. The Bertz CT molecular complexity index is 1320. The van der Waals surface area contributed by atoms with Crippen LogP contribution in [0, 0.1) is 23.2 Å². The van der Waals surface area contributed by atoms with Gasteiger partial charge in [-0.25, -0.2) is 9.67 Å². The minimum absolute atomic E-state index is 0.101. The van der Waals surface area contributed by atoms with E-state index in [2.05, 4.69) is 26.3 Å². The molecule has 1 unspecified atom stereocenters. The van der Waals surface area contributed by atoms with Gasteiger partial charge in [0, 0.05) is 36.3 Å². The lowest BCUT2D eigenvalue weighted by Gasteiger charge is -2.38. The molecule has 3 aromatic heterocycles. The lowest BCUT2D eigenvalue weighted by atomic mass is 9.96. The topological polar surface area (TPSA) is 121 Å². The number of carbonyl (C=O) groups excluding carboxylic acids is 1. The fourth-order valence-corrected chi connectivity index (χ4v) is 4.03. The Balaban J connectivity index is 1.72. The fraction of sp³-hybridized carbons (Fsp3) is 0.368. The molecule has 4 heterocycles. The van der Waals surface area contributed by atoms with Gasteiger partial charge >= 0.3 is 0 Å². The minimum Gasteiger partial charge on any atom is -0.346 e. The van der Waals surface area contributed by atoms with E-state index in [4.69, 9.17) is 5.26 Å². The van der Waals surface area contributed by atoms with Crippen LogP contribution in [0.4, 0.5) is 0 Å². The molecule has 1 amide bonds. The Hall–Kier alpha value is -3.54. The molecule has 1 fully saturated rings. The van der Waals surface area contributed by atoms with Crippen LogP contribution in [0.3, 0.4) is 0 Å². The first-order chi connectivity index (χ1) is 13.5. The molecule has 28 heavy (non-hydrogen) atoms. The van der Waals surface area contributed by atoms with E-state index in [1.165, 1.54) is 4.68 Å². The maximum Gasteiger partial charge on any atom is 0.247 e. The summed E-state index contributed by atoms with van der Waals surface area (Å²) in [4.78, 5) is 35.3. The number of fused-ring (bicyclic) bond motifs is 2. The number of benzene rings is 1. The molecule has 1 saturated heterocycles. The van der Waals surface area contributed by atoms with E-state index in [0.29, 0.717) is 35.2 Å². The molecule has 0 radical (unpaired) electrons. The third kappa shape index (κ3) is 2.08. The quantitative estimate of drug-likeness (QED) is 0.578. The number of hydrogen-bond donors (Lipinski definition) is 1. The molecule has 5 rings (SSSR count). The van der Waals surface area contributed by atoms with Gasteiger partial charge in [-0.1, -0.05) is 19.1 Å². The van der Waals surface area contributed by atoms with Crippen molar-refractivity contribution in [2.24, 2.45) is 11.8 Å². The summed E-state index contributed by atoms with van der Waals surface area (Å²) in [6.07, 6.45) is 3.30. The van der Waals surface area contributed by atoms with Crippen LogP contribution in [0.1, 0.15) is 19.9 Å². The van der Waals surface area contributed by atoms with E-state index in [-0.39, 0.29) is 23.2 Å². The van der Waals surface area contributed by atoms with Gasteiger partial charge in [-0.15, -0.1) is 5.10 Å². The number of nitriles is 1. The number of aromatic nitrogens is 5. The summed E-state index contributed by atoms with van der Waals surface area (Å²) < 4.78 is 1.46. The first kappa shape index (κ1) is 16.6. The zero-order valence-electron chi connectivity index (χ0n) is 15.4.